The number of nitrogens with zero attached hydrogens (tertiary/aromatic N) is 1. The number of benzene rings is 1. The van der Waals surface area contributed by atoms with Crippen molar-refractivity contribution in [3.63, 3.8) is 0 Å². The van der Waals surface area contributed by atoms with Crippen molar-refractivity contribution in [2.45, 2.75) is 18.9 Å². The zero-order valence-corrected chi connectivity index (χ0v) is 11.2. The van der Waals surface area contributed by atoms with E-state index in [0.717, 1.165) is 30.3 Å². The maximum Gasteiger partial charge on any atom is 0.124 e. The zero-order chi connectivity index (χ0) is 12.4. The molecule has 3 nitrogen and oxygen atoms in total. The number of aromatic nitrogens is 1. The van der Waals surface area contributed by atoms with Crippen molar-refractivity contribution in [3.8, 4) is 5.75 Å². The number of ether oxygens (including phenoxy) is 1. The summed E-state index contributed by atoms with van der Waals surface area (Å²) in [4.78, 5) is 4.53. The lowest BCUT2D eigenvalue weighted by Crippen LogP contribution is -2.46. The van der Waals surface area contributed by atoms with Gasteiger partial charge in [0.15, 0.2) is 0 Å². The van der Waals surface area contributed by atoms with E-state index in [0.29, 0.717) is 0 Å². The summed E-state index contributed by atoms with van der Waals surface area (Å²) in [5.74, 6) is 0.972. The third kappa shape index (κ3) is 1.72. The molecular weight excluding hydrogens is 244 g/mol. The van der Waals surface area contributed by atoms with E-state index in [-0.39, 0.29) is 5.54 Å². The zero-order valence-electron chi connectivity index (χ0n) is 10.3. The van der Waals surface area contributed by atoms with Gasteiger partial charge >= 0.3 is 0 Å². The van der Waals surface area contributed by atoms with E-state index in [4.69, 9.17) is 4.74 Å². The SMILES string of the molecule is CCNC1(c2nccs2)CCOc2ccccc21. The normalized spacial score (nSPS) is 22.3. The average molecular weight is 260 g/mol. The molecule has 1 unspecified atom stereocenters. The first-order valence-electron chi connectivity index (χ1n) is 6.24. The van der Waals surface area contributed by atoms with Crippen LogP contribution < -0.4 is 10.1 Å². The summed E-state index contributed by atoms with van der Waals surface area (Å²) in [6, 6.07) is 8.25. The molecule has 2 heterocycles. The lowest BCUT2D eigenvalue weighted by molar-refractivity contribution is 0.212. The Kier molecular flexibility index (Phi) is 3.06. The summed E-state index contributed by atoms with van der Waals surface area (Å²) in [6.07, 6.45) is 2.79. The summed E-state index contributed by atoms with van der Waals surface area (Å²) in [6.45, 7) is 3.77. The molecule has 0 aliphatic carbocycles. The molecule has 0 radical (unpaired) electrons. The molecule has 3 rings (SSSR count). The van der Waals surface area contributed by atoms with Crippen LogP contribution in [0.5, 0.6) is 5.75 Å². The molecule has 2 aromatic rings. The van der Waals surface area contributed by atoms with Gasteiger partial charge in [-0.1, -0.05) is 25.1 Å². The van der Waals surface area contributed by atoms with E-state index in [1.807, 2.05) is 23.7 Å². The van der Waals surface area contributed by atoms with Crippen LogP contribution in [-0.4, -0.2) is 18.1 Å². The molecule has 0 saturated carbocycles. The molecule has 0 spiro atoms. The molecule has 1 atom stereocenters. The molecule has 4 heteroatoms. The highest BCUT2D eigenvalue weighted by atomic mass is 32.1. The van der Waals surface area contributed by atoms with Crippen LogP contribution in [0.1, 0.15) is 23.9 Å². The quantitative estimate of drug-likeness (QED) is 0.921. The first-order chi connectivity index (χ1) is 8.87. The summed E-state index contributed by atoms with van der Waals surface area (Å²) in [7, 11) is 0. The second-order valence-electron chi connectivity index (χ2n) is 4.37. The van der Waals surface area contributed by atoms with Crippen LogP contribution in [0.25, 0.3) is 0 Å². The van der Waals surface area contributed by atoms with Gasteiger partial charge < -0.3 is 10.1 Å². The lowest BCUT2D eigenvalue weighted by atomic mass is 9.85. The largest absolute Gasteiger partial charge is 0.493 e. The smallest absolute Gasteiger partial charge is 0.124 e. The Morgan fingerprint density at radius 3 is 3.11 bits per heavy atom. The topological polar surface area (TPSA) is 34.2 Å². The van der Waals surface area contributed by atoms with Crippen molar-refractivity contribution in [2.24, 2.45) is 0 Å². The van der Waals surface area contributed by atoms with E-state index in [9.17, 15) is 0 Å². The maximum atomic E-state index is 5.76. The maximum absolute atomic E-state index is 5.76. The van der Waals surface area contributed by atoms with Crippen LogP contribution in [0.3, 0.4) is 0 Å². The van der Waals surface area contributed by atoms with E-state index in [1.54, 1.807) is 11.3 Å². The lowest BCUT2D eigenvalue weighted by Gasteiger charge is -2.38. The van der Waals surface area contributed by atoms with Crippen molar-refractivity contribution < 1.29 is 4.74 Å². The van der Waals surface area contributed by atoms with Crippen molar-refractivity contribution in [3.05, 3.63) is 46.4 Å². The Hall–Kier alpha value is -1.39. The molecule has 1 aliphatic rings. The third-order valence-electron chi connectivity index (χ3n) is 3.36. The second-order valence-corrected chi connectivity index (χ2v) is 5.26. The first-order valence-corrected chi connectivity index (χ1v) is 7.12. The predicted molar refractivity (Wildman–Crippen MR) is 73.1 cm³/mol. The van der Waals surface area contributed by atoms with Gasteiger partial charge in [-0.05, 0) is 12.6 Å². The number of hydrogen-bond acceptors (Lipinski definition) is 4. The molecule has 18 heavy (non-hydrogen) atoms. The minimum atomic E-state index is -0.183. The third-order valence-corrected chi connectivity index (χ3v) is 4.29. The summed E-state index contributed by atoms with van der Waals surface area (Å²) in [5.41, 5.74) is 1.02. The standard InChI is InChI=1S/C14H16N2OS/c1-2-16-14(13-15-8-10-18-13)7-9-17-12-6-4-3-5-11(12)14/h3-6,8,10,16H,2,7,9H2,1H3. The molecule has 94 valence electrons. The van der Waals surface area contributed by atoms with Gasteiger partial charge in [0.05, 0.1) is 6.61 Å². The number of para-hydroxylation sites is 1. The van der Waals surface area contributed by atoms with Crippen LogP contribution in [0.2, 0.25) is 0 Å². The van der Waals surface area contributed by atoms with Crippen LogP contribution >= 0.6 is 11.3 Å². The fourth-order valence-electron chi connectivity index (χ4n) is 2.61. The minimum Gasteiger partial charge on any atom is -0.493 e. The van der Waals surface area contributed by atoms with Crippen molar-refractivity contribution in [1.82, 2.24) is 10.3 Å². The van der Waals surface area contributed by atoms with Gasteiger partial charge in [-0.2, -0.15) is 0 Å². The monoisotopic (exact) mass is 260 g/mol. The highest BCUT2D eigenvalue weighted by Crippen LogP contribution is 2.42. The number of fused-ring (bicyclic) bond motifs is 1. The molecule has 0 fully saturated rings. The predicted octanol–water partition coefficient (Wildman–Crippen LogP) is 2.78. The molecule has 1 aliphatic heterocycles. The average Bonchev–Trinajstić information content (AvgIpc) is 2.94. The summed E-state index contributed by atoms with van der Waals surface area (Å²) >= 11 is 1.70. The Morgan fingerprint density at radius 2 is 2.33 bits per heavy atom. The second kappa shape index (κ2) is 4.71. The van der Waals surface area contributed by atoms with Gasteiger partial charge in [-0.25, -0.2) is 4.98 Å². The molecular formula is C14H16N2OS. The van der Waals surface area contributed by atoms with E-state index < -0.39 is 0 Å². The molecule has 0 amide bonds. The van der Waals surface area contributed by atoms with E-state index in [2.05, 4.69) is 29.4 Å². The Balaban J connectivity index is 2.17. The van der Waals surface area contributed by atoms with Gasteiger partial charge in [-0.3, -0.25) is 0 Å². The van der Waals surface area contributed by atoms with Gasteiger partial charge in [0.2, 0.25) is 0 Å². The minimum absolute atomic E-state index is 0.183. The van der Waals surface area contributed by atoms with Crippen molar-refractivity contribution in [2.75, 3.05) is 13.2 Å². The highest BCUT2D eigenvalue weighted by molar-refractivity contribution is 7.09. The van der Waals surface area contributed by atoms with Crippen molar-refractivity contribution >= 4 is 11.3 Å². The molecule has 1 aromatic carbocycles. The summed E-state index contributed by atoms with van der Waals surface area (Å²) in [5, 5.41) is 6.78. The van der Waals surface area contributed by atoms with Crippen molar-refractivity contribution in [1.29, 1.82) is 0 Å². The molecule has 1 N–H and O–H groups in total. The number of rotatable bonds is 3. The van der Waals surface area contributed by atoms with Crippen LogP contribution in [0, 0.1) is 0 Å². The van der Waals surface area contributed by atoms with Crippen LogP contribution in [0.15, 0.2) is 35.8 Å². The van der Waals surface area contributed by atoms with Gasteiger partial charge in [-0.15, -0.1) is 11.3 Å². The van der Waals surface area contributed by atoms with Gasteiger partial charge in [0.25, 0.3) is 0 Å². The first kappa shape index (κ1) is 11.7. The molecule has 1 aromatic heterocycles. The Labute approximate surface area is 111 Å². The van der Waals surface area contributed by atoms with Crippen LogP contribution in [-0.2, 0) is 5.54 Å². The van der Waals surface area contributed by atoms with E-state index in [1.165, 1.54) is 5.56 Å². The number of thiazole rings is 1. The van der Waals surface area contributed by atoms with E-state index >= 15 is 0 Å². The van der Waals surface area contributed by atoms with Gasteiger partial charge in [0, 0.05) is 23.6 Å². The highest BCUT2D eigenvalue weighted by Gasteiger charge is 2.40. The fraction of sp³-hybridized carbons (Fsp3) is 0.357. The number of hydrogen-bond donors (Lipinski definition) is 1. The van der Waals surface area contributed by atoms with Crippen LogP contribution in [0.4, 0.5) is 0 Å². The Morgan fingerprint density at radius 1 is 1.44 bits per heavy atom. The molecule has 0 bridgehead atoms. The van der Waals surface area contributed by atoms with Gasteiger partial charge in [0.1, 0.15) is 16.3 Å². The Bertz CT molecular complexity index is 526. The molecule has 0 saturated heterocycles. The number of nitrogens with one attached hydrogen (secondary N) is 1. The summed E-state index contributed by atoms with van der Waals surface area (Å²) < 4.78 is 5.76. The fourth-order valence-corrected chi connectivity index (χ4v) is 3.47.